The number of fused-ring (bicyclic) bond motifs is 1. The molecule has 2 rings (SSSR count). The fourth-order valence-electron chi connectivity index (χ4n) is 2.17. The van der Waals surface area contributed by atoms with Gasteiger partial charge in [-0.3, -0.25) is 4.79 Å². The Morgan fingerprint density at radius 3 is 2.50 bits per heavy atom. The fraction of sp³-hybridized carbons (Fsp3) is 0.312. The van der Waals surface area contributed by atoms with Crippen molar-refractivity contribution in [3.63, 3.8) is 0 Å². The summed E-state index contributed by atoms with van der Waals surface area (Å²) >= 11 is 0. The van der Waals surface area contributed by atoms with Crippen LogP contribution in [0.5, 0.6) is 0 Å². The summed E-state index contributed by atoms with van der Waals surface area (Å²) in [6.45, 7) is 2.87. The number of amides is 1. The average Bonchev–Trinajstić information content (AvgIpc) is 2.45. The number of benzene rings is 2. The summed E-state index contributed by atoms with van der Waals surface area (Å²) in [6, 6.07) is 14.5. The van der Waals surface area contributed by atoms with E-state index in [4.69, 9.17) is 5.73 Å². The van der Waals surface area contributed by atoms with E-state index < -0.39 is 0 Å². The van der Waals surface area contributed by atoms with Gasteiger partial charge in [0.25, 0.3) is 0 Å². The van der Waals surface area contributed by atoms with Gasteiger partial charge in [0.1, 0.15) is 0 Å². The smallest absolute Gasteiger partial charge is 0.226 e. The molecule has 20 heavy (non-hydrogen) atoms. The largest absolute Gasteiger partial charge is 0.341 e. The summed E-state index contributed by atoms with van der Waals surface area (Å²) in [4.78, 5) is 13.7. The van der Waals surface area contributed by atoms with E-state index in [-0.39, 0.29) is 24.2 Å². The van der Waals surface area contributed by atoms with E-state index in [1.165, 1.54) is 10.8 Å². The van der Waals surface area contributed by atoms with E-state index in [1.54, 1.807) is 4.90 Å². The highest BCUT2D eigenvalue weighted by atomic mass is 35.5. The van der Waals surface area contributed by atoms with Crippen LogP contribution >= 0.6 is 12.4 Å². The Hall–Kier alpha value is -1.58. The molecule has 0 heterocycles. The molecule has 2 aromatic rings. The number of nitrogens with two attached hydrogens (primary N) is 1. The van der Waals surface area contributed by atoms with Crippen LogP contribution in [-0.4, -0.2) is 24.4 Å². The standard InChI is InChI=1S/C16H20N2O.ClH/c1-12(10-17)16(19)18(2)11-13-7-8-14-5-3-4-6-15(14)9-13;/h3-9,12H,10-11,17H2,1-2H3;1H. The monoisotopic (exact) mass is 292 g/mol. The van der Waals surface area contributed by atoms with Crippen LogP contribution in [0.2, 0.25) is 0 Å². The molecule has 3 nitrogen and oxygen atoms in total. The first kappa shape index (κ1) is 16.5. The lowest BCUT2D eigenvalue weighted by Gasteiger charge is -2.20. The summed E-state index contributed by atoms with van der Waals surface area (Å²) in [5.41, 5.74) is 6.67. The summed E-state index contributed by atoms with van der Waals surface area (Å²) in [7, 11) is 1.82. The van der Waals surface area contributed by atoms with E-state index in [0.29, 0.717) is 13.1 Å². The highest BCUT2D eigenvalue weighted by Crippen LogP contribution is 2.17. The van der Waals surface area contributed by atoms with Crippen molar-refractivity contribution in [3.8, 4) is 0 Å². The minimum absolute atomic E-state index is 0. The van der Waals surface area contributed by atoms with E-state index in [1.807, 2.05) is 26.1 Å². The number of carbonyl (C=O) groups is 1. The van der Waals surface area contributed by atoms with Crippen LogP contribution in [0.1, 0.15) is 12.5 Å². The van der Waals surface area contributed by atoms with E-state index in [2.05, 4.69) is 30.3 Å². The van der Waals surface area contributed by atoms with Gasteiger partial charge >= 0.3 is 0 Å². The van der Waals surface area contributed by atoms with Gasteiger partial charge < -0.3 is 10.6 Å². The van der Waals surface area contributed by atoms with Crippen molar-refractivity contribution in [1.82, 2.24) is 4.90 Å². The lowest BCUT2D eigenvalue weighted by Crippen LogP contribution is -2.34. The van der Waals surface area contributed by atoms with Gasteiger partial charge in [-0.15, -0.1) is 12.4 Å². The summed E-state index contributed by atoms with van der Waals surface area (Å²) < 4.78 is 0. The predicted molar refractivity (Wildman–Crippen MR) is 85.9 cm³/mol. The molecule has 0 aromatic heterocycles. The Morgan fingerprint density at radius 2 is 1.85 bits per heavy atom. The van der Waals surface area contributed by atoms with E-state index in [9.17, 15) is 4.79 Å². The van der Waals surface area contributed by atoms with Gasteiger partial charge in [-0.25, -0.2) is 0 Å². The lowest BCUT2D eigenvalue weighted by molar-refractivity contribution is -0.133. The highest BCUT2D eigenvalue weighted by molar-refractivity contribution is 5.85. The van der Waals surface area contributed by atoms with Gasteiger partial charge in [-0.2, -0.15) is 0 Å². The van der Waals surface area contributed by atoms with Crippen molar-refractivity contribution in [3.05, 3.63) is 48.0 Å². The average molecular weight is 293 g/mol. The maximum atomic E-state index is 12.0. The van der Waals surface area contributed by atoms with Gasteiger partial charge in [-0.1, -0.05) is 43.3 Å². The molecule has 0 aliphatic heterocycles. The van der Waals surface area contributed by atoms with Crippen molar-refractivity contribution >= 4 is 29.1 Å². The summed E-state index contributed by atoms with van der Waals surface area (Å²) in [6.07, 6.45) is 0. The number of hydrogen-bond donors (Lipinski definition) is 1. The first-order chi connectivity index (χ1) is 9.11. The predicted octanol–water partition coefficient (Wildman–Crippen LogP) is 2.81. The Kier molecular flexibility index (Phi) is 5.99. The van der Waals surface area contributed by atoms with Gasteiger partial charge in [0.15, 0.2) is 0 Å². The molecule has 0 aliphatic carbocycles. The van der Waals surface area contributed by atoms with Crippen LogP contribution in [0.15, 0.2) is 42.5 Å². The van der Waals surface area contributed by atoms with Crippen LogP contribution in [0.3, 0.4) is 0 Å². The molecule has 2 aromatic carbocycles. The van der Waals surface area contributed by atoms with Crippen molar-refractivity contribution in [2.75, 3.05) is 13.6 Å². The molecule has 0 saturated carbocycles. The quantitative estimate of drug-likeness (QED) is 0.942. The highest BCUT2D eigenvalue weighted by Gasteiger charge is 2.15. The van der Waals surface area contributed by atoms with E-state index >= 15 is 0 Å². The fourth-order valence-corrected chi connectivity index (χ4v) is 2.17. The zero-order chi connectivity index (χ0) is 13.8. The normalized spacial score (nSPS) is 11.8. The third-order valence-corrected chi connectivity index (χ3v) is 3.38. The Labute approximate surface area is 126 Å². The molecule has 0 fully saturated rings. The number of carbonyl (C=O) groups excluding carboxylic acids is 1. The molecule has 1 atom stereocenters. The zero-order valence-corrected chi connectivity index (χ0v) is 12.7. The summed E-state index contributed by atoms with van der Waals surface area (Å²) in [5, 5.41) is 2.42. The van der Waals surface area contributed by atoms with Gasteiger partial charge in [-0.05, 0) is 22.4 Å². The minimum Gasteiger partial charge on any atom is -0.341 e. The molecule has 108 valence electrons. The molecular formula is C16H21ClN2O. The third kappa shape index (κ3) is 3.71. The Bertz CT molecular complexity index is 585. The lowest BCUT2D eigenvalue weighted by atomic mass is 10.1. The maximum Gasteiger partial charge on any atom is 0.226 e. The first-order valence-corrected chi connectivity index (χ1v) is 6.54. The molecule has 0 spiro atoms. The molecule has 0 saturated heterocycles. The van der Waals surface area contributed by atoms with Gasteiger partial charge in [0.05, 0.1) is 0 Å². The Morgan fingerprint density at radius 1 is 1.20 bits per heavy atom. The number of rotatable bonds is 4. The van der Waals surface area contributed by atoms with Crippen molar-refractivity contribution < 1.29 is 4.79 Å². The topological polar surface area (TPSA) is 46.3 Å². The van der Waals surface area contributed by atoms with Gasteiger partial charge in [0, 0.05) is 26.1 Å². The van der Waals surface area contributed by atoms with Crippen LogP contribution in [-0.2, 0) is 11.3 Å². The van der Waals surface area contributed by atoms with Crippen LogP contribution in [0, 0.1) is 5.92 Å². The zero-order valence-electron chi connectivity index (χ0n) is 11.9. The number of hydrogen-bond acceptors (Lipinski definition) is 2. The van der Waals surface area contributed by atoms with Gasteiger partial charge in [0.2, 0.25) is 5.91 Å². The second-order valence-electron chi connectivity index (χ2n) is 5.01. The third-order valence-electron chi connectivity index (χ3n) is 3.38. The van der Waals surface area contributed by atoms with Crippen LogP contribution in [0.4, 0.5) is 0 Å². The molecule has 2 N–H and O–H groups in total. The van der Waals surface area contributed by atoms with Crippen molar-refractivity contribution in [2.45, 2.75) is 13.5 Å². The second kappa shape index (κ2) is 7.27. The first-order valence-electron chi connectivity index (χ1n) is 6.54. The number of halogens is 1. The second-order valence-corrected chi connectivity index (χ2v) is 5.01. The van der Waals surface area contributed by atoms with Crippen LogP contribution < -0.4 is 5.73 Å². The molecule has 0 aliphatic rings. The van der Waals surface area contributed by atoms with E-state index in [0.717, 1.165) is 5.56 Å². The molecule has 0 radical (unpaired) electrons. The molecular weight excluding hydrogens is 272 g/mol. The molecule has 0 bridgehead atoms. The van der Waals surface area contributed by atoms with Crippen molar-refractivity contribution in [1.29, 1.82) is 0 Å². The SMILES string of the molecule is CC(CN)C(=O)N(C)Cc1ccc2ccccc2c1.Cl. The van der Waals surface area contributed by atoms with Crippen molar-refractivity contribution in [2.24, 2.45) is 11.7 Å². The maximum absolute atomic E-state index is 12.0. The number of nitrogens with zero attached hydrogens (tertiary/aromatic N) is 1. The molecule has 1 unspecified atom stereocenters. The molecule has 4 heteroatoms. The van der Waals surface area contributed by atoms with Crippen LogP contribution in [0.25, 0.3) is 10.8 Å². The summed E-state index contributed by atoms with van der Waals surface area (Å²) in [5.74, 6) is -0.0267. The Balaban J connectivity index is 0.00000200. The molecule has 1 amide bonds. The minimum atomic E-state index is -0.120.